The van der Waals surface area contributed by atoms with Gasteiger partial charge in [0, 0.05) is 41.4 Å². The van der Waals surface area contributed by atoms with Crippen LogP contribution >= 0.6 is 11.8 Å². The molecule has 0 aliphatic rings. The van der Waals surface area contributed by atoms with Gasteiger partial charge in [-0.15, -0.1) is 11.8 Å². The van der Waals surface area contributed by atoms with Crippen LogP contribution < -0.4 is 5.32 Å². The molecule has 0 spiro atoms. The molecule has 0 atom stereocenters. The Labute approximate surface area is 166 Å². The summed E-state index contributed by atoms with van der Waals surface area (Å²) in [7, 11) is 0. The minimum atomic E-state index is -0.0238. The lowest BCUT2D eigenvalue weighted by molar-refractivity contribution is 0.0936. The molecule has 0 radical (unpaired) electrons. The van der Waals surface area contributed by atoms with Crippen LogP contribution in [0.2, 0.25) is 0 Å². The summed E-state index contributed by atoms with van der Waals surface area (Å²) < 4.78 is 5.23. The van der Waals surface area contributed by atoms with Crippen molar-refractivity contribution in [3.63, 3.8) is 0 Å². The molecule has 27 heavy (non-hydrogen) atoms. The molecule has 0 fully saturated rings. The van der Waals surface area contributed by atoms with Gasteiger partial charge in [-0.05, 0) is 53.7 Å². The maximum absolute atomic E-state index is 12.7. The second-order valence-corrected chi connectivity index (χ2v) is 8.29. The average molecular weight is 390 g/mol. The zero-order valence-corrected chi connectivity index (χ0v) is 18.0. The fraction of sp³-hybridized carbons (Fsp3) is 0.524. The van der Waals surface area contributed by atoms with Crippen molar-refractivity contribution >= 4 is 17.7 Å². The summed E-state index contributed by atoms with van der Waals surface area (Å²) in [4.78, 5) is 16.1. The van der Waals surface area contributed by atoms with E-state index in [2.05, 4.69) is 43.1 Å². The lowest BCUT2D eigenvalue weighted by Crippen LogP contribution is -2.42. The minimum absolute atomic E-state index is 0.0238. The second-order valence-electron chi connectivity index (χ2n) is 7.27. The van der Waals surface area contributed by atoms with Crippen molar-refractivity contribution in [2.75, 3.05) is 13.1 Å². The fourth-order valence-corrected chi connectivity index (χ4v) is 4.35. The van der Waals surface area contributed by atoms with E-state index in [1.54, 1.807) is 11.8 Å². The van der Waals surface area contributed by atoms with Gasteiger partial charge in [-0.25, -0.2) is 0 Å². The third-order valence-corrected chi connectivity index (χ3v) is 5.77. The van der Waals surface area contributed by atoms with Gasteiger partial charge in [0.05, 0.1) is 11.3 Å². The molecule has 1 aromatic carbocycles. The Kier molecular flexibility index (Phi) is 7.92. The molecule has 0 saturated carbocycles. The third kappa shape index (κ3) is 5.84. The van der Waals surface area contributed by atoms with E-state index in [1.807, 2.05) is 38.1 Å². The van der Waals surface area contributed by atoms with Crippen LogP contribution in [0.25, 0.3) is 0 Å². The molecule has 0 bridgehead atoms. The van der Waals surface area contributed by atoms with Crippen molar-refractivity contribution in [1.82, 2.24) is 15.4 Å². The van der Waals surface area contributed by atoms with Crippen molar-refractivity contribution in [2.45, 2.75) is 64.3 Å². The van der Waals surface area contributed by atoms with Crippen LogP contribution in [0.15, 0.2) is 33.7 Å². The Hall–Kier alpha value is -1.79. The van der Waals surface area contributed by atoms with Crippen molar-refractivity contribution in [3.05, 3.63) is 46.8 Å². The van der Waals surface area contributed by atoms with Gasteiger partial charge in [0.1, 0.15) is 5.76 Å². The number of nitrogens with one attached hydrogen (secondary N) is 1. The van der Waals surface area contributed by atoms with E-state index >= 15 is 0 Å². The fourth-order valence-electron chi connectivity index (χ4n) is 3.14. The van der Waals surface area contributed by atoms with Crippen LogP contribution in [0.3, 0.4) is 0 Å². The Balaban J connectivity index is 1.98. The molecule has 0 aliphatic carbocycles. The molecule has 1 amide bonds. The molecule has 1 heterocycles. The normalized spacial score (nSPS) is 11.6. The van der Waals surface area contributed by atoms with Gasteiger partial charge in [0.15, 0.2) is 0 Å². The van der Waals surface area contributed by atoms with Crippen LogP contribution in [0.1, 0.15) is 55.1 Å². The van der Waals surface area contributed by atoms with E-state index in [0.717, 1.165) is 39.8 Å². The first-order valence-electron chi connectivity index (χ1n) is 9.48. The number of carbonyl (C=O) groups is 1. The van der Waals surface area contributed by atoms with E-state index in [9.17, 15) is 4.79 Å². The Morgan fingerprint density at radius 2 is 1.85 bits per heavy atom. The molecular formula is C21H31N3O2S. The monoisotopic (exact) mass is 389 g/mol. The van der Waals surface area contributed by atoms with E-state index in [-0.39, 0.29) is 5.91 Å². The summed E-state index contributed by atoms with van der Waals surface area (Å²) in [5, 5.41) is 7.07. The highest BCUT2D eigenvalue weighted by Gasteiger charge is 2.16. The average Bonchev–Trinajstić information content (AvgIpc) is 2.94. The number of hydrogen-bond donors (Lipinski definition) is 1. The van der Waals surface area contributed by atoms with Crippen molar-refractivity contribution in [2.24, 2.45) is 0 Å². The number of rotatable bonds is 9. The number of aromatic nitrogens is 1. The minimum Gasteiger partial charge on any atom is -0.361 e. The quantitative estimate of drug-likeness (QED) is 0.643. The number of thioether (sulfide) groups is 1. The zero-order chi connectivity index (χ0) is 20.0. The number of aryl methyl sites for hydroxylation is 2. The van der Waals surface area contributed by atoms with Gasteiger partial charge >= 0.3 is 0 Å². The number of hydrogen-bond acceptors (Lipinski definition) is 5. The summed E-state index contributed by atoms with van der Waals surface area (Å²) in [5.41, 5.74) is 2.72. The summed E-state index contributed by atoms with van der Waals surface area (Å²) in [5.74, 6) is 1.55. The predicted molar refractivity (Wildman–Crippen MR) is 111 cm³/mol. The molecule has 2 rings (SSSR count). The molecule has 148 valence electrons. The number of carbonyl (C=O) groups excluding carboxylic acids is 1. The van der Waals surface area contributed by atoms with E-state index in [0.29, 0.717) is 18.6 Å². The molecule has 2 aromatic rings. The maximum Gasteiger partial charge on any atom is 0.252 e. The van der Waals surface area contributed by atoms with Crippen molar-refractivity contribution < 1.29 is 9.32 Å². The predicted octanol–water partition coefficient (Wildman–Crippen LogP) is 4.43. The highest BCUT2D eigenvalue weighted by Crippen LogP contribution is 2.28. The van der Waals surface area contributed by atoms with E-state index < -0.39 is 0 Å². The maximum atomic E-state index is 12.7. The van der Waals surface area contributed by atoms with Crippen molar-refractivity contribution in [3.8, 4) is 0 Å². The molecule has 0 unspecified atom stereocenters. The summed E-state index contributed by atoms with van der Waals surface area (Å²) >= 11 is 1.64. The molecule has 1 aromatic heterocycles. The van der Waals surface area contributed by atoms with Gasteiger partial charge < -0.3 is 9.84 Å². The smallest absolute Gasteiger partial charge is 0.252 e. The SMILES string of the molecule is Cc1noc(C)c1CSc1ccccc1C(=O)NCCN(C(C)C)C(C)C. The lowest BCUT2D eigenvalue weighted by atomic mass is 10.2. The number of amides is 1. The summed E-state index contributed by atoms with van der Waals surface area (Å²) in [6, 6.07) is 8.66. The largest absolute Gasteiger partial charge is 0.361 e. The van der Waals surface area contributed by atoms with Gasteiger partial charge in [0.2, 0.25) is 0 Å². The van der Waals surface area contributed by atoms with Crippen LogP contribution in [0.5, 0.6) is 0 Å². The first-order chi connectivity index (χ1) is 12.8. The van der Waals surface area contributed by atoms with Crippen LogP contribution in [-0.2, 0) is 5.75 Å². The molecule has 6 heteroatoms. The Morgan fingerprint density at radius 1 is 1.19 bits per heavy atom. The van der Waals surface area contributed by atoms with Gasteiger partial charge in [-0.1, -0.05) is 17.3 Å². The van der Waals surface area contributed by atoms with Gasteiger partial charge in [0.25, 0.3) is 5.91 Å². The molecule has 1 N–H and O–H groups in total. The molecule has 0 saturated heterocycles. The molecule has 0 aliphatic heterocycles. The topological polar surface area (TPSA) is 58.4 Å². The lowest BCUT2D eigenvalue weighted by Gasteiger charge is -2.30. The van der Waals surface area contributed by atoms with E-state index in [1.165, 1.54) is 0 Å². The van der Waals surface area contributed by atoms with Crippen LogP contribution in [0.4, 0.5) is 0 Å². The summed E-state index contributed by atoms with van der Waals surface area (Å²) in [6.07, 6.45) is 0. The second kappa shape index (κ2) is 9.95. The third-order valence-electron chi connectivity index (χ3n) is 4.67. The first-order valence-corrected chi connectivity index (χ1v) is 10.5. The Bertz CT molecular complexity index is 728. The number of nitrogens with zero attached hydrogens (tertiary/aromatic N) is 2. The summed E-state index contributed by atoms with van der Waals surface area (Å²) in [6.45, 7) is 14.1. The Morgan fingerprint density at radius 3 is 2.44 bits per heavy atom. The van der Waals surface area contributed by atoms with E-state index in [4.69, 9.17) is 4.52 Å². The number of benzene rings is 1. The molecular weight excluding hydrogens is 358 g/mol. The first kappa shape index (κ1) is 21.5. The standard InChI is InChI=1S/C21H31N3O2S/c1-14(2)24(15(3)4)12-11-22-21(25)18-9-7-8-10-20(18)27-13-19-16(5)23-26-17(19)6/h7-10,14-15H,11-13H2,1-6H3,(H,22,25). The molecule has 5 nitrogen and oxygen atoms in total. The van der Waals surface area contributed by atoms with Crippen LogP contribution in [-0.4, -0.2) is 41.1 Å². The van der Waals surface area contributed by atoms with Gasteiger partial charge in [-0.3, -0.25) is 9.69 Å². The van der Waals surface area contributed by atoms with Gasteiger partial charge in [-0.2, -0.15) is 0 Å². The zero-order valence-electron chi connectivity index (χ0n) is 17.2. The highest BCUT2D eigenvalue weighted by molar-refractivity contribution is 7.98. The van der Waals surface area contributed by atoms with Crippen molar-refractivity contribution in [1.29, 1.82) is 0 Å². The van der Waals surface area contributed by atoms with Crippen LogP contribution in [0, 0.1) is 13.8 Å². The highest BCUT2D eigenvalue weighted by atomic mass is 32.2.